The number of benzene rings is 2. The molecule has 3 N–H and O–H groups in total. The fourth-order valence-corrected chi connectivity index (χ4v) is 3.16. The Hall–Kier alpha value is -3.07. The lowest BCUT2D eigenvalue weighted by molar-refractivity contribution is -0.118. The first-order valence-corrected chi connectivity index (χ1v) is 10.5. The average molecular weight is 459 g/mol. The largest absolute Gasteiger partial charge is 0.495 e. The van der Waals surface area contributed by atoms with E-state index < -0.39 is 5.72 Å². The number of anilines is 1. The van der Waals surface area contributed by atoms with Gasteiger partial charge in [0.15, 0.2) is 11.5 Å². The number of ether oxygens (including phenoxy) is 5. The Balaban J connectivity index is 2.21. The molecular formula is C25H34N2O6. The van der Waals surface area contributed by atoms with Crippen molar-refractivity contribution in [1.82, 2.24) is 0 Å². The summed E-state index contributed by atoms with van der Waals surface area (Å²) in [5, 5.41) is 2.87. The molecule has 0 unspecified atom stereocenters. The van der Waals surface area contributed by atoms with E-state index in [-0.39, 0.29) is 18.9 Å². The molecule has 8 heteroatoms. The highest BCUT2D eigenvalue weighted by Gasteiger charge is 2.14. The molecule has 0 saturated carbocycles. The van der Waals surface area contributed by atoms with Crippen molar-refractivity contribution in [2.24, 2.45) is 5.73 Å². The van der Waals surface area contributed by atoms with Crippen LogP contribution in [0.15, 0.2) is 30.3 Å². The smallest absolute Gasteiger partial charge is 0.226 e. The summed E-state index contributed by atoms with van der Waals surface area (Å²) < 4.78 is 27.0. The minimum absolute atomic E-state index is 0.178. The molecule has 0 aliphatic carbocycles. The van der Waals surface area contributed by atoms with Gasteiger partial charge in [0.25, 0.3) is 0 Å². The van der Waals surface area contributed by atoms with E-state index in [4.69, 9.17) is 29.4 Å². The summed E-state index contributed by atoms with van der Waals surface area (Å²) in [4.78, 5) is 12.3. The Kier molecular flexibility index (Phi) is 9.72. The second kappa shape index (κ2) is 12.2. The molecular weight excluding hydrogens is 424 g/mol. The molecule has 0 aliphatic heterocycles. The van der Waals surface area contributed by atoms with E-state index in [9.17, 15) is 4.79 Å². The normalized spacial score (nSPS) is 11.5. The molecule has 2 aromatic rings. The van der Waals surface area contributed by atoms with Gasteiger partial charge in [0.2, 0.25) is 5.91 Å². The topological polar surface area (TPSA) is 101 Å². The zero-order valence-corrected chi connectivity index (χ0v) is 20.2. The second-order valence-electron chi connectivity index (χ2n) is 7.89. The van der Waals surface area contributed by atoms with Crippen LogP contribution in [0.4, 0.5) is 5.69 Å². The van der Waals surface area contributed by atoms with Crippen LogP contribution >= 0.6 is 0 Å². The maximum atomic E-state index is 12.3. The molecule has 0 atom stereocenters. The van der Waals surface area contributed by atoms with E-state index in [2.05, 4.69) is 5.32 Å². The highest BCUT2D eigenvalue weighted by Crippen LogP contribution is 2.34. The third kappa shape index (κ3) is 8.09. The number of rotatable bonds is 12. The van der Waals surface area contributed by atoms with Gasteiger partial charge in [-0.2, -0.15) is 0 Å². The van der Waals surface area contributed by atoms with E-state index in [1.807, 2.05) is 36.4 Å². The van der Waals surface area contributed by atoms with Crippen molar-refractivity contribution in [3.8, 4) is 17.2 Å². The van der Waals surface area contributed by atoms with Crippen LogP contribution in [0, 0.1) is 0 Å². The number of nitrogens with two attached hydrogens (primary N) is 1. The summed E-state index contributed by atoms with van der Waals surface area (Å²) >= 11 is 0. The molecule has 0 radical (unpaired) electrons. The van der Waals surface area contributed by atoms with Gasteiger partial charge < -0.3 is 34.7 Å². The first-order chi connectivity index (χ1) is 15.7. The molecule has 0 aromatic heterocycles. The number of carbonyl (C=O) groups is 1. The van der Waals surface area contributed by atoms with Crippen molar-refractivity contribution in [3.05, 3.63) is 47.0 Å². The Labute approximate surface area is 195 Å². The van der Waals surface area contributed by atoms with Crippen molar-refractivity contribution >= 4 is 23.7 Å². The third-order valence-electron chi connectivity index (χ3n) is 4.65. The number of nitrogens with one attached hydrogen (secondary N) is 1. The van der Waals surface area contributed by atoms with Gasteiger partial charge in [0, 0.05) is 12.7 Å². The lowest BCUT2D eigenvalue weighted by Crippen LogP contribution is -2.36. The molecule has 0 fully saturated rings. The Morgan fingerprint density at radius 3 is 2.27 bits per heavy atom. The minimum atomic E-state index is -0.782. The first-order valence-electron chi connectivity index (χ1n) is 10.5. The fraction of sp³-hybridized carbons (Fsp3) is 0.400. The van der Waals surface area contributed by atoms with Gasteiger partial charge >= 0.3 is 0 Å². The Morgan fingerprint density at radius 1 is 0.970 bits per heavy atom. The van der Waals surface area contributed by atoms with Crippen molar-refractivity contribution in [3.63, 3.8) is 0 Å². The molecule has 0 aliphatic rings. The zero-order valence-electron chi connectivity index (χ0n) is 20.2. The number of hydrogen-bond donors (Lipinski definition) is 2. The van der Waals surface area contributed by atoms with Crippen LogP contribution in [-0.2, 0) is 20.9 Å². The van der Waals surface area contributed by atoms with Gasteiger partial charge in [-0.1, -0.05) is 18.2 Å². The van der Waals surface area contributed by atoms with Gasteiger partial charge in [-0.15, -0.1) is 0 Å². The highest BCUT2D eigenvalue weighted by atomic mass is 16.5. The fourth-order valence-electron chi connectivity index (χ4n) is 3.16. The summed E-state index contributed by atoms with van der Waals surface area (Å²) in [6.45, 7) is 4.09. The first kappa shape index (κ1) is 26.2. The number of carbonyl (C=O) groups excluding carboxylic acids is 1. The standard InChI is InChI=1S/C25H34N2O6/c1-25(2,26)33-12-11-23(28)27-20-14-17(9-10-21(20)30-4)7-8-18-13-19(16-29-3)24(32-6)22(15-18)31-5/h7-10,13-15H,11-12,16,26H2,1-6H3,(H,27,28)/b8-7-. The van der Waals surface area contributed by atoms with Crippen molar-refractivity contribution in [1.29, 1.82) is 0 Å². The molecule has 1 amide bonds. The summed E-state index contributed by atoms with van der Waals surface area (Å²) in [7, 11) is 6.38. The van der Waals surface area contributed by atoms with E-state index in [1.165, 1.54) is 0 Å². The molecule has 8 nitrogen and oxygen atoms in total. The van der Waals surface area contributed by atoms with Crippen LogP contribution < -0.4 is 25.3 Å². The summed E-state index contributed by atoms with van der Waals surface area (Å²) in [6, 6.07) is 9.42. The van der Waals surface area contributed by atoms with Crippen LogP contribution in [0.25, 0.3) is 12.2 Å². The number of amides is 1. The molecule has 0 bridgehead atoms. The van der Waals surface area contributed by atoms with Crippen molar-refractivity contribution in [2.75, 3.05) is 40.4 Å². The summed E-state index contributed by atoms with van der Waals surface area (Å²) in [5.74, 6) is 1.64. The van der Waals surface area contributed by atoms with Crippen molar-refractivity contribution in [2.45, 2.75) is 32.6 Å². The molecule has 0 saturated heterocycles. The van der Waals surface area contributed by atoms with Gasteiger partial charge in [-0.3, -0.25) is 4.79 Å². The molecule has 0 heterocycles. The summed E-state index contributed by atoms with van der Waals surface area (Å²) in [6.07, 6.45) is 4.07. The highest BCUT2D eigenvalue weighted by molar-refractivity contribution is 5.93. The van der Waals surface area contributed by atoms with Crippen LogP contribution in [0.1, 0.15) is 37.0 Å². The second-order valence-corrected chi connectivity index (χ2v) is 7.89. The molecule has 180 valence electrons. The van der Waals surface area contributed by atoms with Gasteiger partial charge in [0.05, 0.1) is 46.7 Å². The molecule has 0 spiro atoms. The Bertz CT molecular complexity index is 966. The quantitative estimate of drug-likeness (QED) is 0.365. The van der Waals surface area contributed by atoms with Crippen molar-refractivity contribution < 1.29 is 28.5 Å². The Morgan fingerprint density at radius 2 is 1.67 bits per heavy atom. The van der Waals surface area contributed by atoms with Gasteiger partial charge in [0.1, 0.15) is 11.5 Å². The van der Waals surface area contributed by atoms with Crippen LogP contribution in [0.3, 0.4) is 0 Å². The van der Waals surface area contributed by atoms with Gasteiger partial charge in [-0.05, 0) is 49.2 Å². The summed E-state index contributed by atoms with van der Waals surface area (Å²) in [5.41, 5.74) is 8.25. The van der Waals surface area contributed by atoms with Crippen LogP contribution in [0.2, 0.25) is 0 Å². The lowest BCUT2D eigenvalue weighted by Gasteiger charge is -2.19. The zero-order chi connectivity index (χ0) is 24.4. The maximum absolute atomic E-state index is 12.3. The van der Waals surface area contributed by atoms with E-state index in [0.29, 0.717) is 29.5 Å². The van der Waals surface area contributed by atoms with E-state index >= 15 is 0 Å². The predicted molar refractivity (Wildman–Crippen MR) is 130 cm³/mol. The maximum Gasteiger partial charge on any atom is 0.226 e. The van der Waals surface area contributed by atoms with Crippen LogP contribution in [0.5, 0.6) is 17.2 Å². The minimum Gasteiger partial charge on any atom is -0.495 e. The third-order valence-corrected chi connectivity index (χ3v) is 4.65. The van der Waals surface area contributed by atoms with E-state index in [0.717, 1.165) is 16.7 Å². The predicted octanol–water partition coefficient (Wildman–Crippen LogP) is 4.07. The number of hydrogen-bond acceptors (Lipinski definition) is 7. The average Bonchev–Trinajstić information content (AvgIpc) is 2.76. The molecule has 2 aromatic carbocycles. The monoisotopic (exact) mass is 458 g/mol. The number of methoxy groups -OCH3 is 4. The van der Waals surface area contributed by atoms with Crippen LogP contribution in [-0.4, -0.2) is 46.7 Å². The lowest BCUT2D eigenvalue weighted by atomic mass is 10.1. The SMILES string of the molecule is COCc1cc(/C=C\c2ccc(OC)c(NC(=O)CCOC(C)(C)N)c2)cc(OC)c1OC. The van der Waals surface area contributed by atoms with Gasteiger partial charge in [-0.25, -0.2) is 0 Å². The molecule has 33 heavy (non-hydrogen) atoms. The van der Waals surface area contributed by atoms with E-state index in [1.54, 1.807) is 48.4 Å². The molecule has 2 rings (SSSR count).